The van der Waals surface area contributed by atoms with Crippen molar-refractivity contribution in [2.45, 2.75) is 37.9 Å². The first-order valence-corrected chi connectivity index (χ1v) is 4.91. The summed E-state index contributed by atoms with van der Waals surface area (Å²) in [5, 5.41) is 16.3. The van der Waals surface area contributed by atoms with Gasteiger partial charge < -0.3 is 5.11 Å². The molecule has 0 amide bonds. The number of aliphatic hydroxyl groups excluding tert-OH is 1. The fourth-order valence-corrected chi connectivity index (χ4v) is 1.65. The van der Waals surface area contributed by atoms with Crippen LogP contribution in [0.2, 0.25) is 0 Å². The van der Waals surface area contributed by atoms with Crippen LogP contribution in [0.15, 0.2) is 6.20 Å². The summed E-state index contributed by atoms with van der Waals surface area (Å²) in [6, 6.07) is 0. The Morgan fingerprint density at radius 3 is 2.93 bits per heavy atom. The minimum atomic E-state index is -1.07. The Hall–Kier alpha value is -0.970. The quantitative estimate of drug-likeness (QED) is 0.776. The second kappa shape index (κ2) is 3.65. The first-order chi connectivity index (χ1) is 6.72. The third kappa shape index (κ3) is 1.92. The Bertz CT molecular complexity index is 309. The van der Waals surface area contributed by atoms with Crippen LogP contribution in [0.5, 0.6) is 0 Å². The number of halogens is 1. The van der Waals surface area contributed by atoms with Crippen LogP contribution in [0.4, 0.5) is 4.39 Å². The predicted molar refractivity (Wildman–Crippen MR) is 48.5 cm³/mol. The smallest absolute Gasteiger partial charge is 0.130 e. The van der Waals surface area contributed by atoms with Gasteiger partial charge in [-0.05, 0) is 19.3 Å². The summed E-state index contributed by atoms with van der Waals surface area (Å²) in [6.45, 7) is 0.352. The van der Waals surface area contributed by atoms with Gasteiger partial charge in [0, 0.05) is 19.2 Å². The van der Waals surface area contributed by atoms with Crippen LogP contribution < -0.4 is 0 Å². The molecule has 14 heavy (non-hydrogen) atoms. The Morgan fingerprint density at radius 1 is 1.57 bits per heavy atom. The maximum absolute atomic E-state index is 13.6. The molecule has 1 aliphatic carbocycles. The van der Waals surface area contributed by atoms with Crippen molar-refractivity contribution in [3.8, 4) is 0 Å². The summed E-state index contributed by atoms with van der Waals surface area (Å²) in [5.41, 5.74) is -0.347. The third-order valence-electron chi connectivity index (χ3n) is 2.65. The normalized spacial score (nSPS) is 19.3. The van der Waals surface area contributed by atoms with Crippen molar-refractivity contribution in [1.29, 1.82) is 0 Å². The molecule has 1 N–H and O–H groups in total. The number of aliphatic hydroxyl groups is 1. The summed E-state index contributed by atoms with van der Waals surface area (Å²) in [5.74, 6) is 0. The summed E-state index contributed by atoms with van der Waals surface area (Å²) in [4.78, 5) is 0. The largest absolute Gasteiger partial charge is 0.396 e. The van der Waals surface area contributed by atoms with Crippen LogP contribution in [0.3, 0.4) is 0 Å². The highest BCUT2D eigenvalue weighted by Crippen LogP contribution is 2.36. The van der Waals surface area contributed by atoms with E-state index >= 15 is 0 Å². The van der Waals surface area contributed by atoms with Crippen molar-refractivity contribution in [2.24, 2.45) is 0 Å². The average Bonchev–Trinajstić information content (AvgIpc) is 2.51. The number of hydrogen-bond donors (Lipinski definition) is 1. The first-order valence-electron chi connectivity index (χ1n) is 4.91. The predicted octanol–water partition coefficient (Wildman–Crippen LogP) is 0.705. The third-order valence-corrected chi connectivity index (χ3v) is 2.65. The molecule has 0 aliphatic heterocycles. The lowest BCUT2D eigenvalue weighted by Crippen LogP contribution is -2.36. The van der Waals surface area contributed by atoms with Gasteiger partial charge in [-0.2, -0.15) is 0 Å². The second-order valence-corrected chi connectivity index (χ2v) is 3.89. The van der Waals surface area contributed by atoms with E-state index in [9.17, 15) is 4.39 Å². The van der Waals surface area contributed by atoms with Gasteiger partial charge in [0.1, 0.15) is 5.67 Å². The molecule has 1 aliphatic rings. The van der Waals surface area contributed by atoms with E-state index in [1.54, 1.807) is 6.20 Å². The zero-order chi connectivity index (χ0) is 10.0. The summed E-state index contributed by atoms with van der Waals surface area (Å²) in [7, 11) is 0. The topological polar surface area (TPSA) is 50.9 Å². The molecule has 0 spiro atoms. The van der Waals surface area contributed by atoms with Crippen LogP contribution in [0.25, 0.3) is 0 Å². The number of aromatic nitrogens is 3. The minimum Gasteiger partial charge on any atom is -0.396 e. The van der Waals surface area contributed by atoms with Crippen molar-refractivity contribution in [3.05, 3.63) is 11.9 Å². The lowest BCUT2D eigenvalue weighted by molar-refractivity contribution is 0.0399. The lowest BCUT2D eigenvalue weighted by Gasteiger charge is -2.33. The van der Waals surface area contributed by atoms with E-state index in [-0.39, 0.29) is 6.61 Å². The molecule has 1 aromatic heterocycles. The molecule has 4 nitrogen and oxygen atoms in total. The van der Waals surface area contributed by atoms with E-state index in [4.69, 9.17) is 5.11 Å². The van der Waals surface area contributed by atoms with E-state index in [1.807, 2.05) is 0 Å². The van der Waals surface area contributed by atoms with Gasteiger partial charge in [0.25, 0.3) is 0 Å². The van der Waals surface area contributed by atoms with Crippen molar-refractivity contribution in [2.75, 3.05) is 6.61 Å². The molecule has 0 saturated heterocycles. The van der Waals surface area contributed by atoms with Gasteiger partial charge >= 0.3 is 0 Å². The Balaban J connectivity index is 1.95. The molecule has 1 fully saturated rings. The highest BCUT2D eigenvalue weighted by molar-refractivity contribution is 4.95. The van der Waals surface area contributed by atoms with E-state index in [0.717, 1.165) is 12.1 Å². The lowest BCUT2D eigenvalue weighted by atomic mass is 9.82. The van der Waals surface area contributed by atoms with Gasteiger partial charge in [-0.25, -0.2) is 9.07 Å². The highest BCUT2D eigenvalue weighted by atomic mass is 19.1. The van der Waals surface area contributed by atoms with Crippen LogP contribution in [0, 0.1) is 0 Å². The molecule has 5 heteroatoms. The van der Waals surface area contributed by atoms with E-state index in [0.29, 0.717) is 25.8 Å². The molecular formula is C9H14FN3O. The average molecular weight is 199 g/mol. The van der Waals surface area contributed by atoms with Crippen LogP contribution >= 0.6 is 0 Å². The van der Waals surface area contributed by atoms with Crippen LogP contribution in [-0.4, -0.2) is 32.4 Å². The van der Waals surface area contributed by atoms with Crippen LogP contribution in [0.1, 0.15) is 25.0 Å². The summed E-state index contributed by atoms with van der Waals surface area (Å²) < 4.78 is 15.2. The molecule has 0 unspecified atom stereocenters. The van der Waals surface area contributed by atoms with Gasteiger partial charge in [-0.3, -0.25) is 0 Å². The number of alkyl halides is 1. The highest BCUT2D eigenvalue weighted by Gasteiger charge is 2.37. The fourth-order valence-electron chi connectivity index (χ4n) is 1.65. The maximum atomic E-state index is 13.6. The van der Waals surface area contributed by atoms with Crippen LogP contribution in [-0.2, 0) is 13.0 Å². The Kier molecular flexibility index (Phi) is 2.50. The molecule has 78 valence electrons. The summed E-state index contributed by atoms with van der Waals surface area (Å²) in [6.07, 6.45) is 4.41. The second-order valence-electron chi connectivity index (χ2n) is 3.89. The Labute approximate surface area is 81.7 Å². The molecule has 0 radical (unpaired) electrons. The molecule has 0 atom stereocenters. The maximum Gasteiger partial charge on any atom is 0.130 e. The summed E-state index contributed by atoms with van der Waals surface area (Å²) >= 11 is 0. The Morgan fingerprint density at radius 2 is 2.36 bits per heavy atom. The SMILES string of the molecule is OCCc1cn(CC2(F)CCC2)nn1. The van der Waals surface area contributed by atoms with Gasteiger partial charge in [0.05, 0.1) is 12.2 Å². The number of rotatable bonds is 4. The molecule has 0 aromatic carbocycles. The van der Waals surface area contributed by atoms with E-state index in [2.05, 4.69) is 10.3 Å². The molecular weight excluding hydrogens is 185 g/mol. The monoisotopic (exact) mass is 199 g/mol. The van der Waals surface area contributed by atoms with Crippen molar-refractivity contribution in [3.63, 3.8) is 0 Å². The molecule has 2 rings (SSSR count). The zero-order valence-electron chi connectivity index (χ0n) is 7.99. The zero-order valence-corrected chi connectivity index (χ0v) is 7.99. The molecule has 1 saturated carbocycles. The standard InChI is InChI=1S/C9H14FN3O/c10-9(3-1-4-9)7-13-6-8(2-5-14)11-12-13/h6,14H,1-5,7H2. The number of hydrogen-bond acceptors (Lipinski definition) is 3. The van der Waals surface area contributed by atoms with Gasteiger partial charge in [0.15, 0.2) is 0 Å². The first kappa shape index (κ1) is 9.58. The molecule has 1 aromatic rings. The fraction of sp³-hybridized carbons (Fsp3) is 0.778. The number of nitrogens with zero attached hydrogens (tertiary/aromatic N) is 3. The van der Waals surface area contributed by atoms with Gasteiger partial charge in [0.2, 0.25) is 0 Å². The van der Waals surface area contributed by atoms with Crippen molar-refractivity contribution >= 4 is 0 Å². The molecule has 1 heterocycles. The van der Waals surface area contributed by atoms with Gasteiger partial charge in [-0.15, -0.1) is 5.10 Å². The van der Waals surface area contributed by atoms with Crippen molar-refractivity contribution in [1.82, 2.24) is 15.0 Å². The van der Waals surface area contributed by atoms with Crippen molar-refractivity contribution < 1.29 is 9.50 Å². The molecule has 0 bridgehead atoms. The minimum absolute atomic E-state index is 0.0550. The van der Waals surface area contributed by atoms with E-state index < -0.39 is 5.67 Å². The van der Waals surface area contributed by atoms with E-state index in [1.165, 1.54) is 4.68 Å². The van der Waals surface area contributed by atoms with Gasteiger partial charge in [-0.1, -0.05) is 5.21 Å².